The van der Waals surface area contributed by atoms with E-state index in [-0.39, 0.29) is 17.4 Å². The number of rotatable bonds is 6. The number of hydrogen-bond acceptors (Lipinski definition) is 4. The van der Waals surface area contributed by atoms with Crippen LogP contribution in [-0.4, -0.2) is 31.4 Å². The molecule has 0 bridgehead atoms. The summed E-state index contributed by atoms with van der Waals surface area (Å²) in [4.78, 5) is 12.5. The third-order valence-electron chi connectivity index (χ3n) is 4.07. The van der Waals surface area contributed by atoms with E-state index in [1.807, 2.05) is 19.9 Å². The molecule has 0 saturated heterocycles. The van der Waals surface area contributed by atoms with Gasteiger partial charge in [0.2, 0.25) is 0 Å². The van der Waals surface area contributed by atoms with E-state index in [2.05, 4.69) is 10.1 Å². The highest BCUT2D eigenvalue weighted by atomic mass is 19.4. The number of halogens is 3. The predicted octanol–water partition coefficient (Wildman–Crippen LogP) is 4.60. The van der Waals surface area contributed by atoms with Gasteiger partial charge in [0.15, 0.2) is 6.61 Å². The first-order valence-corrected chi connectivity index (χ1v) is 8.82. The van der Waals surface area contributed by atoms with E-state index in [0.717, 1.165) is 12.0 Å². The summed E-state index contributed by atoms with van der Waals surface area (Å²) in [5.41, 5.74) is 1.76. The van der Waals surface area contributed by atoms with Crippen molar-refractivity contribution in [1.29, 1.82) is 0 Å². The van der Waals surface area contributed by atoms with Crippen molar-refractivity contribution in [2.45, 2.75) is 32.5 Å². The molecule has 5 nitrogen and oxygen atoms in total. The van der Waals surface area contributed by atoms with Gasteiger partial charge in [0.25, 0.3) is 5.91 Å². The van der Waals surface area contributed by atoms with E-state index in [9.17, 15) is 18.0 Å². The van der Waals surface area contributed by atoms with Crippen molar-refractivity contribution in [2.24, 2.45) is 0 Å². The van der Waals surface area contributed by atoms with Gasteiger partial charge in [0.05, 0.1) is 12.3 Å². The lowest BCUT2D eigenvalue weighted by Gasteiger charge is -2.14. The lowest BCUT2D eigenvalue weighted by molar-refractivity contribution is -0.153. The molecule has 2 aromatic carbocycles. The number of carbonyl (C=O) groups is 1. The molecular weight excluding hydrogens is 375 g/mol. The first-order valence-electron chi connectivity index (χ1n) is 8.82. The Morgan fingerprint density at radius 2 is 1.93 bits per heavy atom. The zero-order valence-corrected chi connectivity index (χ0v) is 15.4. The summed E-state index contributed by atoms with van der Waals surface area (Å²) in [6, 6.07) is 9.00. The maximum atomic E-state index is 12.5. The van der Waals surface area contributed by atoms with Gasteiger partial charge in [-0.15, -0.1) is 0 Å². The predicted molar refractivity (Wildman–Crippen MR) is 97.4 cm³/mol. The van der Waals surface area contributed by atoms with Gasteiger partial charge in [-0.2, -0.15) is 13.2 Å². The number of nitrogens with one attached hydrogen (secondary N) is 1. The van der Waals surface area contributed by atoms with Gasteiger partial charge in [-0.3, -0.25) is 4.79 Å². The van der Waals surface area contributed by atoms with E-state index in [4.69, 9.17) is 9.47 Å². The van der Waals surface area contributed by atoms with E-state index in [1.165, 1.54) is 24.3 Å². The monoisotopic (exact) mass is 395 g/mol. The Balaban J connectivity index is 1.73. The van der Waals surface area contributed by atoms with Crippen LogP contribution in [0.25, 0.3) is 0 Å². The maximum absolute atomic E-state index is 12.5. The minimum Gasteiger partial charge on any atom is -0.492 e. The molecule has 0 aromatic heterocycles. The summed E-state index contributed by atoms with van der Waals surface area (Å²) < 4.78 is 52.6. The van der Waals surface area contributed by atoms with Crippen molar-refractivity contribution < 1.29 is 32.2 Å². The van der Waals surface area contributed by atoms with Crippen LogP contribution in [0.4, 0.5) is 18.9 Å². The fraction of sp³-hybridized carbons (Fsp3) is 0.350. The number of hydrogen-bond donors (Lipinski definition) is 1. The van der Waals surface area contributed by atoms with Crippen molar-refractivity contribution >= 4 is 11.6 Å². The molecule has 2 aromatic rings. The highest BCUT2D eigenvalue weighted by molar-refractivity contribution is 6.05. The van der Waals surface area contributed by atoms with E-state index < -0.39 is 18.7 Å². The second kappa shape index (κ2) is 8.00. The maximum Gasteiger partial charge on any atom is 0.422 e. The quantitative estimate of drug-likeness (QED) is 0.777. The van der Waals surface area contributed by atoms with Crippen LogP contribution in [0.3, 0.4) is 0 Å². The minimum absolute atomic E-state index is 0.0313. The van der Waals surface area contributed by atoms with Gasteiger partial charge in [0.1, 0.15) is 23.4 Å². The molecular formula is C20H20F3NO4. The number of amides is 1. The van der Waals surface area contributed by atoms with Gasteiger partial charge in [-0.25, -0.2) is 0 Å². The first kappa shape index (κ1) is 19.9. The molecule has 0 aliphatic carbocycles. The number of ether oxygens (including phenoxy) is 3. The molecule has 1 N–H and O–H groups in total. The topological polar surface area (TPSA) is 56.8 Å². The molecule has 1 amide bonds. The summed E-state index contributed by atoms with van der Waals surface area (Å²) in [6.45, 7) is 2.85. The van der Waals surface area contributed by atoms with Crippen LogP contribution in [0.1, 0.15) is 29.8 Å². The molecule has 8 heteroatoms. The Labute approximate surface area is 160 Å². The first-order chi connectivity index (χ1) is 13.2. The Hall–Kier alpha value is -2.90. The van der Waals surface area contributed by atoms with E-state index in [0.29, 0.717) is 23.8 Å². The number of carbonyl (C=O) groups excluding carboxylic acids is 1. The van der Waals surface area contributed by atoms with Gasteiger partial charge < -0.3 is 19.5 Å². The smallest absolute Gasteiger partial charge is 0.422 e. The Morgan fingerprint density at radius 3 is 2.57 bits per heavy atom. The highest BCUT2D eigenvalue weighted by Crippen LogP contribution is 2.38. The molecule has 0 saturated carbocycles. The van der Waals surface area contributed by atoms with Crippen LogP contribution in [-0.2, 0) is 6.42 Å². The molecule has 1 unspecified atom stereocenters. The number of benzene rings is 2. The van der Waals surface area contributed by atoms with Crippen molar-refractivity contribution in [3.05, 3.63) is 47.5 Å². The summed E-state index contributed by atoms with van der Waals surface area (Å²) in [5.74, 6) is 0.845. The minimum atomic E-state index is -4.42. The molecule has 28 heavy (non-hydrogen) atoms. The molecule has 3 rings (SSSR count). The van der Waals surface area contributed by atoms with Crippen molar-refractivity contribution in [1.82, 2.24) is 0 Å². The number of anilines is 1. The second-order valence-electron chi connectivity index (χ2n) is 6.40. The average molecular weight is 395 g/mol. The molecule has 1 atom stereocenters. The van der Waals surface area contributed by atoms with Crippen molar-refractivity contribution in [2.75, 3.05) is 18.5 Å². The Kier molecular flexibility index (Phi) is 5.67. The van der Waals surface area contributed by atoms with Crippen LogP contribution >= 0.6 is 0 Å². The molecule has 1 aliphatic heterocycles. The largest absolute Gasteiger partial charge is 0.492 e. The molecule has 0 fully saturated rings. The Morgan fingerprint density at radius 1 is 1.21 bits per heavy atom. The van der Waals surface area contributed by atoms with Crippen molar-refractivity contribution in [3.63, 3.8) is 0 Å². The SMILES string of the molecule is CCOc1cc2c(cc1NC(=O)c1ccc(OCC(F)(F)F)cc1)OC(C)C2. The number of fused-ring (bicyclic) bond motifs is 1. The average Bonchev–Trinajstić information content (AvgIpc) is 2.99. The Bertz CT molecular complexity index is 850. The van der Waals surface area contributed by atoms with Gasteiger partial charge in [0, 0.05) is 23.6 Å². The molecule has 1 heterocycles. The van der Waals surface area contributed by atoms with Gasteiger partial charge >= 0.3 is 6.18 Å². The zero-order chi connectivity index (χ0) is 20.3. The lowest BCUT2D eigenvalue weighted by Crippen LogP contribution is -2.19. The highest BCUT2D eigenvalue weighted by Gasteiger charge is 2.28. The van der Waals surface area contributed by atoms with Gasteiger partial charge in [-0.05, 0) is 44.2 Å². The summed E-state index contributed by atoms with van der Waals surface area (Å²) in [7, 11) is 0. The summed E-state index contributed by atoms with van der Waals surface area (Å²) in [5, 5.41) is 2.77. The molecule has 1 aliphatic rings. The zero-order valence-electron chi connectivity index (χ0n) is 15.4. The van der Waals surface area contributed by atoms with Crippen molar-refractivity contribution in [3.8, 4) is 17.2 Å². The van der Waals surface area contributed by atoms with Crippen LogP contribution in [0.2, 0.25) is 0 Å². The normalized spacial score (nSPS) is 15.5. The van der Waals surface area contributed by atoms with Crippen LogP contribution in [0.15, 0.2) is 36.4 Å². The summed E-state index contributed by atoms with van der Waals surface area (Å²) >= 11 is 0. The van der Waals surface area contributed by atoms with Crippen LogP contribution in [0, 0.1) is 0 Å². The standard InChI is InChI=1S/C20H20F3NO4/c1-3-26-18-9-14-8-12(2)28-17(14)10-16(18)24-19(25)13-4-6-15(7-5-13)27-11-20(21,22)23/h4-7,9-10,12H,3,8,11H2,1-2H3,(H,24,25). The fourth-order valence-corrected chi connectivity index (χ4v) is 2.87. The van der Waals surface area contributed by atoms with Crippen LogP contribution in [0.5, 0.6) is 17.2 Å². The van der Waals surface area contributed by atoms with E-state index >= 15 is 0 Å². The lowest BCUT2D eigenvalue weighted by atomic mass is 10.1. The fourth-order valence-electron chi connectivity index (χ4n) is 2.87. The van der Waals surface area contributed by atoms with E-state index in [1.54, 1.807) is 6.07 Å². The van der Waals surface area contributed by atoms with Crippen LogP contribution < -0.4 is 19.5 Å². The summed E-state index contributed by atoms with van der Waals surface area (Å²) in [6.07, 6.45) is -3.60. The molecule has 0 spiro atoms. The second-order valence-corrected chi connectivity index (χ2v) is 6.40. The number of alkyl halides is 3. The van der Waals surface area contributed by atoms with Gasteiger partial charge in [-0.1, -0.05) is 0 Å². The molecule has 0 radical (unpaired) electrons. The third kappa shape index (κ3) is 4.88. The third-order valence-corrected chi connectivity index (χ3v) is 4.07. The molecule has 150 valence electrons.